The zero-order chi connectivity index (χ0) is 13.7. The molecule has 5 nitrogen and oxygen atoms in total. The minimum atomic E-state index is -0.344. The van der Waals surface area contributed by atoms with Gasteiger partial charge in [-0.15, -0.1) is 0 Å². The maximum Gasteiger partial charge on any atom is 0.227 e. The highest BCUT2D eigenvalue weighted by Gasteiger charge is 2.04. The van der Waals surface area contributed by atoms with E-state index in [1.807, 2.05) is 6.07 Å². The van der Waals surface area contributed by atoms with Crippen molar-refractivity contribution in [3.05, 3.63) is 63.7 Å². The highest BCUT2D eigenvalue weighted by Crippen LogP contribution is 2.10. The first kappa shape index (κ1) is 12.9. The Balaban J connectivity index is 2.06. The zero-order valence-corrected chi connectivity index (χ0v) is 10.00. The molecule has 1 aromatic heterocycles. The predicted molar refractivity (Wildman–Crippen MR) is 66.4 cm³/mol. The van der Waals surface area contributed by atoms with E-state index in [0.29, 0.717) is 5.56 Å². The predicted octanol–water partition coefficient (Wildman–Crippen LogP) is 1.58. The molecular weight excluding hydrogens is 246 g/mol. The third-order valence-electron chi connectivity index (χ3n) is 2.49. The van der Waals surface area contributed by atoms with Crippen LogP contribution in [0.5, 0.6) is 5.75 Å². The molecular formula is C14H11NO4. The molecule has 0 saturated heterocycles. The third kappa shape index (κ3) is 3.21. The van der Waals surface area contributed by atoms with Gasteiger partial charge < -0.3 is 14.3 Å². The van der Waals surface area contributed by atoms with Crippen molar-refractivity contribution < 1.29 is 14.3 Å². The van der Waals surface area contributed by atoms with Crippen molar-refractivity contribution in [2.45, 2.75) is 13.2 Å². The summed E-state index contributed by atoms with van der Waals surface area (Å²) in [5, 5.41) is 17.5. The largest absolute Gasteiger partial charge is 0.482 e. The van der Waals surface area contributed by atoms with Crippen molar-refractivity contribution in [1.29, 1.82) is 5.26 Å². The number of rotatable bonds is 4. The van der Waals surface area contributed by atoms with Crippen molar-refractivity contribution in [3.8, 4) is 11.8 Å². The van der Waals surface area contributed by atoms with Gasteiger partial charge in [-0.05, 0) is 17.7 Å². The number of nitriles is 1. The summed E-state index contributed by atoms with van der Waals surface area (Å²) in [6, 6.07) is 10.1. The van der Waals surface area contributed by atoms with Crippen molar-refractivity contribution in [1.82, 2.24) is 0 Å². The third-order valence-corrected chi connectivity index (χ3v) is 2.49. The van der Waals surface area contributed by atoms with E-state index >= 15 is 0 Å². The molecule has 2 aromatic rings. The first-order valence-electron chi connectivity index (χ1n) is 5.57. The summed E-state index contributed by atoms with van der Waals surface area (Å²) < 4.78 is 10.3. The summed E-state index contributed by atoms with van der Waals surface area (Å²) in [5.41, 5.74) is 1.06. The van der Waals surface area contributed by atoms with Crippen molar-refractivity contribution in [2.24, 2.45) is 0 Å². The number of ether oxygens (including phenoxy) is 1. The molecule has 0 radical (unpaired) electrons. The van der Waals surface area contributed by atoms with E-state index in [-0.39, 0.29) is 30.2 Å². The van der Waals surface area contributed by atoms with Crippen LogP contribution in [0.4, 0.5) is 0 Å². The molecule has 96 valence electrons. The van der Waals surface area contributed by atoms with Gasteiger partial charge in [-0.3, -0.25) is 4.79 Å². The van der Waals surface area contributed by atoms with Gasteiger partial charge in [0.1, 0.15) is 25.2 Å². The summed E-state index contributed by atoms with van der Waals surface area (Å²) >= 11 is 0. The fourth-order valence-electron chi connectivity index (χ4n) is 1.46. The topological polar surface area (TPSA) is 83.5 Å². The zero-order valence-electron chi connectivity index (χ0n) is 10.00. The minimum Gasteiger partial charge on any atom is -0.482 e. The van der Waals surface area contributed by atoms with E-state index in [2.05, 4.69) is 0 Å². The first-order chi connectivity index (χ1) is 9.22. The molecule has 0 saturated carbocycles. The number of hydrogen-bond acceptors (Lipinski definition) is 5. The van der Waals surface area contributed by atoms with E-state index in [0.717, 1.165) is 5.56 Å². The smallest absolute Gasteiger partial charge is 0.227 e. The van der Waals surface area contributed by atoms with Crippen LogP contribution in [-0.2, 0) is 13.2 Å². The molecule has 1 aromatic carbocycles. The van der Waals surface area contributed by atoms with Gasteiger partial charge in [0.2, 0.25) is 11.2 Å². The number of nitrogens with zero attached hydrogens (tertiary/aromatic N) is 1. The molecule has 0 fully saturated rings. The number of aliphatic hydroxyl groups is 1. The number of hydrogen-bond donors (Lipinski definition) is 1. The van der Waals surface area contributed by atoms with Gasteiger partial charge in [-0.25, -0.2) is 0 Å². The second kappa shape index (κ2) is 5.85. The van der Waals surface area contributed by atoms with Crippen LogP contribution >= 0.6 is 0 Å². The summed E-state index contributed by atoms with van der Waals surface area (Å²) in [4.78, 5) is 11.6. The average molecular weight is 257 g/mol. The SMILES string of the molecule is N#Cc1ccc(COc2coc(CO)cc2=O)cc1. The first-order valence-corrected chi connectivity index (χ1v) is 5.57. The van der Waals surface area contributed by atoms with Gasteiger partial charge in [-0.1, -0.05) is 12.1 Å². The van der Waals surface area contributed by atoms with Gasteiger partial charge >= 0.3 is 0 Å². The summed E-state index contributed by atoms with van der Waals surface area (Å²) in [6.07, 6.45) is 1.18. The van der Waals surface area contributed by atoms with E-state index in [9.17, 15) is 4.79 Å². The molecule has 0 unspecified atom stereocenters. The maximum absolute atomic E-state index is 11.6. The molecule has 0 amide bonds. The van der Waals surface area contributed by atoms with Crippen molar-refractivity contribution >= 4 is 0 Å². The summed E-state index contributed by atoms with van der Waals surface area (Å²) in [7, 11) is 0. The van der Waals surface area contributed by atoms with Crippen LogP contribution in [0.1, 0.15) is 16.9 Å². The molecule has 2 rings (SSSR count). The molecule has 0 atom stereocenters. The quantitative estimate of drug-likeness (QED) is 0.899. The van der Waals surface area contributed by atoms with Gasteiger partial charge in [0.05, 0.1) is 11.6 Å². The highest BCUT2D eigenvalue weighted by molar-refractivity contribution is 5.31. The van der Waals surface area contributed by atoms with Gasteiger partial charge in [-0.2, -0.15) is 5.26 Å². The lowest BCUT2D eigenvalue weighted by Crippen LogP contribution is -2.07. The van der Waals surface area contributed by atoms with Crippen molar-refractivity contribution in [3.63, 3.8) is 0 Å². The standard InChI is InChI=1S/C14H11NO4/c15-6-10-1-3-11(4-2-10)8-19-14-9-18-12(7-16)5-13(14)17/h1-5,9,16H,7-8H2. The fraction of sp³-hybridized carbons (Fsp3) is 0.143. The van der Waals surface area contributed by atoms with Gasteiger partial charge in [0.25, 0.3) is 0 Å². The Morgan fingerprint density at radius 2 is 2.05 bits per heavy atom. The molecule has 0 aliphatic rings. The molecule has 0 spiro atoms. The number of benzene rings is 1. The van der Waals surface area contributed by atoms with E-state index in [1.165, 1.54) is 12.3 Å². The minimum absolute atomic E-state index is 0.0848. The van der Waals surface area contributed by atoms with E-state index < -0.39 is 0 Å². The Kier molecular flexibility index (Phi) is 3.96. The summed E-state index contributed by atoms with van der Waals surface area (Å²) in [6.45, 7) is -0.125. The van der Waals surface area contributed by atoms with Crippen LogP contribution in [0.15, 0.2) is 45.8 Å². The van der Waals surface area contributed by atoms with E-state index in [4.69, 9.17) is 19.5 Å². The molecule has 0 bridgehead atoms. The molecule has 0 aliphatic carbocycles. The second-order valence-electron chi connectivity index (χ2n) is 3.83. The molecule has 19 heavy (non-hydrogen) atoms. The monoisotopic (exact) mass is 257 g/mol. The highest BCUT2D eigenvalue weighted by atomic mass is 16.5. The maximum atomic E-state index is 11.6. The van der Waals surface area contributed by atoms with E-state index in [1.54, 1.807) is 24.3 Å². The van der Waals surface area contributed by atoms with Gasteiger partial charge in [0.15, 0.2) is 0 Å². The second-order valence-corrected chi connectivity index (χ2v) is 3.83. The molecule has 5 heteroatoms. The van der Waals surface area contributed by atoms with Gasteiger partial charge in [0, 0.05) is 6.07 Å². The lowest BCUT2D eigenvalue weighted by Gasteiger charge is -2.05. The van der Waals surface area contributed by atoms with Crippen LogP contribution in [0, 0.1) is 11.3 Å². The normalized spacial score (nSPS) is 9.89. The van der Waals surface area contributed by atoms with Crippen LogP contribution < -0.4 is 10.2 Å². The Morgan fingerprint density at radius 1 is 1.32 bits per heavy atom. The lowest BCUT2D eigenvalue weighted by molar-refractivity contribution is 0.236. The Labute approximate surface area is 109 Å². The fourth-order valence-corrected chi connectivity index (χ4v) is 1.46. The Bertz CT molecular complexity index is 652. The molecule has 1 heterocycles. The Morgan fingerprint density at radius 3 is 2.63 bits per heavy atom. The average Bonchev–Trinajstić information content (AvgIpc) is 2.46. The van der Waals surface area contributed by atoms with Crippen LogP contribution in [0.25, 0.3) is 0 Å². The number of aliphatic hydroxyl groups excluding tert-OH is 1. The lowest BCUT2D eigenvalue weighted by atomic mass is 10.2. The molecule has 1 N–H and O–H groups in total. The van der Waals surface area contributed by atoms with Crippen molar-refractivity contribution in [2.75, 3.05) is 0 Å². The van der Waals surface area contributed by atoms with Crippen LogP contribution in [0.2, 0.25) is 0 Å². The Hall–Kier alpha value is -2.58. The summed E-state index contributed by atoms with van der Waals surface area (Å²) in [5.74, 6) is 0.275. The van der Waals surface area contributed by atoms with Crippen LogP contribution in [0.3, 0.4) is 0 Å². The van der Waals surface area contributed by atoms with Crippen LogP contribution in [-0.4, -0.2) is 5.11 Å². The molecule has 0 aliphatic heterocycles.